The van der Waals surface area contributed by atoms with Crippen molar-refractivity contribution < 1.29 is 4.79 Å². The lowest BCUT2D eigenvalue weighted by Gasteiger charge is -2.34. The molecular formula is C21H33IN4OS. The van der Waals surface area contributed by atoms with Gasteiger partial charge in [0.05, 0.1) is 0 Å². The molecule has 156 valence electrons. The molecule has 7 heteroatoms. The van der Waals surface area contributed by atoms with Crippen LogP contribution in [0.2, 0.25) is 0 Å². The smallest absolute Gasteiger partial charge is 0.223 e. The Morgan fingerprint density at radius 1 is 1.21 bits per heavy atom. The molecule has 1 saturated heterocycles. The lowest BCUT2D eigenvalue weighted by molar-refractivity contribution is -0.131. The number of halogens is 1. The van der Waals surface area contributed by atoms with Crippen LogP contribution in [0.4, 0.5) is 0 Å². The first kappa shape index (κ1) is 23.3. The second-order valence-electron chi connectivity index (χ2n) is 7.20. The maximum absolute atomic E-state index is 12.5. The molecule has 1 N–H and O–H groups in total. The van der Waals surface area contributed by atoms with E-state index in [0.29, 0.717) is 18.2 Å². The van der Waals surface area contributed by atoms with Gasteiger partial charge in [0.15, 0.2) is 5.96 Å². The Balaban J connectivity index is 0.00000280. The Hall–Kier alpha value is -0.960. The summed E-state index contributed by atoms with van der Waals surface area (Å²) in [6.07, 6.45) is 2.58. The van der Waals surface area contributed by atoms with Gasteiger partial charge >= 0.3 is 0 Å². The average Bonchev–Trinajstić information content (AvgIpc) is 3.14. The molecule has 0 spiro atoms. The first-order chi connectivity index (χ1) is 13.2. The largest absolute Gasteiger partial charge is 0.357 e. The van der Waals surface area contributed by atoms with E-state index in [1.54, 1.807) is 0 Å². The monoisotopic (exact) mass is 516 g/mol. The number of guanidine groups is 1. The van der Waals surface area contributed by atoms with Crippen LogP contribution in [0, 0.1) is 0 Å². The molecule has 0 bridgehead atoms. The zero-order valence-corrected chi connectivity index (χ0v) is 20.2. The molecular weight excluding hydrogens is 483 g/mol. The van der Waals surface area contributed by atoms with E-state index in [1.807, 2.05) is 17.0 Å². The Morgan fingerprint density at radius 2 is 1.93 bits per heavy atom. The Kier molecular flexibility index (Phi) is 9.91. The van der Waals surface area contributed by atoms with Crippen LogP contribution in [-0.4, -0.2) is 58.8 Å². The van der Waals surface area contributed by atoms with Crippen LogP contribution in [0.1, 0.15) is 44.2 Å². The van der Waals surface area contributed by atoms with Gasteiger partial charge in [0.1, 0.15) is 0 Å². The van der Waals surface area contributed by atoms with Gasteiger partial charge in [0.2, 0.25) is 5.91 Å². The number of fused-ring (bicyclic) bond motifs is 1. The van der Waals surface area contributed by atoms with Crippen LogP contribution in [-0.2, 0) is 17.9 Å². The number of nitrogens with zero attached hydrogens (tertiary/aromatic N) is 3. The van der Waals surface area contributed by atoms with Crippen molar-refractivity contribution >= 4 is 47.6 Å². The highest BCUT2D eigenvalue weighted by atomic mass is 127. The topological polar surface area (TPSA) is 47.9 Å². The quantitative estimate of drug-likeness (QED) is 0.271. The number of benzene rings is 1. The van der Waals surface area contributed by atoms with Crippen molar-refractivity contribution in [2.45, 2.75) is 51.4 Å². The molecule has 2 aliphatic heterocycles. The molecule has 0 radical (unpaired) electrons. The minimum atomic E-state index is 0. The molecule has 1 atom stereocenters. The third kappa shape index (κ3) is 6.27. The fourth-order valence-electron chi connectivity index (χ4n) is 3.67. The average molecular weight is 516 g/mol. The van der Waals surface area contributed by atoms with Gasteiger partial charge in [0.25, 0.3) is 0 Å². The van der Waals surface area contributed by atoms with Gasteiger partial charge < -0.3 is 15.1 Å². The predicted molar refractivity (Wildman–Crippen MR) is 129 cm³/mol. The first-order valence-electron chi connectivity index (χ1n) is 10.2. The van der Waals surface area contributed by atoms with Crippen LogP contribution in [0.5, 0.6) is 0 Å². The van der Waals surface area contributed by atoms with Gasteiger partial charge in [-0.25, -0.2) is 0 Å². The van der Waals surface area contributed by atoms with Crippen molar-refractivity contribution in [1.29, 1.82) is 0 Å². The number of carbonyl (C=O) groups excluding carboxylic acids is 1. The number of hydrogen-bond acceptors (Lipinski definition) is 3. The Bertz CT molecular complexity index is 645. The normalized spacial score (nSPS) is 19.2. The molecule has 3 rings (SSSR count). The van der Waals surface area contributed by atoms with Crippen molar-refractivity contribution in [2.24, 2.45) is 4.99 Å². The Labute approximate surface area is 190 Å². The summed E-state index contributed by atoms with van der Waals surface area (Å²) >= 11 is 2.07. The van der Waals surface area contributed by atoms with Crippen LogP contribution in [0.3, 0.4) is 0 Å². The van der Waals surface area contributed by atoms with Crippen molar-refractivity contribution in [3.05, 3.63) is 35.4 Å². The summed E-state index contributed by atoms with van der Waals surface area (Å²) < 4.78 is 0. The van der Waals surface area contributed by atoms with Gasteiger partial charge in [-0.05, 0) is 30.9 Å². The Morgan fingerprint density at radius 3 is 2.57 bits per heavy atom. The summed E-state index contributed by atoms with van der Waals surface area (Å²) in [6, 6.07) is 8.34. The van der Waals surface area contributed by atoms with Crippen molar-refractivity contribution in [3.8, 4) is 0 Å². The molecule has 1 unspecified atom stereocenters. The highest BCUT2D eigenvalue weighted by molar-refractivity contribution is 14.0. The molecule has 0 saturated carbocycles. The fourth-order valence-corrected chi connectivity index (χ4v) is 4.85. The summed E-state index contributed by atoms with van der Waals surface area (Å²) in [4.78, 5) is 21.7. The third-order valence-electron chi connectivity index (χ3n) is 5.23. The van der Waals surface area contributed by atoms with E-state index in [2.05, 4.69) is 48.0 Å². The van der Waals surface area contributed by atoms with E-state index in [-0.39, 0.29) is 29.9 Å². The van der Waals surface area contributed by atoms with Crippen molar-refractivity contribution in [3.63, 3.8) is 0 Å². The second-order valence-corrected chi connectivity index (χ2v) is 8.61. The zero-order valence-electron chi connectivity index (χ0n) is 17.0. The van der Waals surface area contributed by atoms with E-state index in [9.17, 15) is 4.79 Å². The maximum atomic E-state index is 12.5. The minimum absolute atomic E-state index is 0. The van der Waals surface area contributed by atoms with Crippen molar-refractivity contribution in [2.75, 3.05) is 31.9 Å². The van der Waals surface area contributed by atoms with E-state index in [4.69, 9.17) is 4.99 Å². The number of thioether (sulfide) groups is 1. The molecule has 1 amide bonds. The van der Waals surface area contributed by atoms with E-state index >= 15 is 0 Å². The van der Waals surface area contributed by atoms with Crippen LogP contribution >= 0.6 is 35.7 Å². The maximum Gasteiger partial charge on any atom is 0.223 e. The summed E-state index contributed by atoms with van der Waals surface area (Å²) in [5, 5.41) is 4.12. The van der Waals surface area contributed by atoms with Crippen LogP contribution in [0.25, 0.3) is 0 Å². The first-order valence-corrected chi connectivity index (χ1v) is 11.3. The fraction of sp³-hybridized carbons (Fsp3) is 0.619. The number of hydrogen-bond donors (Lipinski definition) is 1. The van der Waals surface area contributed by atoms with Gasteiger partial charge in [0, 0.05) is 56.7 Å². The van der Waals surface area contributed by atoms with Gasteiger partial charge in [-0.3, -0.25) is 9.79 Å². The zero-order chi connectivity index (χ0) is 19.1. The third-order valence-corrected chi connectivity index (χ3v) is 6.60. The van der Waals surface area contributed by atoms with Crippen LogP contribution in [0.15, 0.2) is 29.3 Å². The summed E-state index contributed by atoms with van der Waals surface area (Å²) in [7, 11) is 0. The second kappa shape index (κ2) is 11.9. The molecule has 1 aromatic rings. The lowest BCUT2D eigenvalue weighted by Crippen LogP contribution is -2.48. The molecule has 0 aliphatic carbocycles. The predicted octanol–water partition coefficient (Wildman–Crippen LogP) is 3.72. The highest BCUT2D eigenvalue weighted by Gasteiger charge is 2.23. The van der Waals surface area contributed by atoms with Gasteiger partial charge in [-0.2, -0.15) is 11.8 Å². The minimum Gasteiger partial charge on any atom is -0.357 e. The van der Waals surface area contributed by atoms with Gasteiger partial charge in [-0.15, -0.1) is 24.0 Å². The molecule has 5 nitrogen and oxygen atoms in total. The number of aliphatic imine (C=N–C) groups is 1. The summed E-state index contributed by atoms with van der Waals surface area (Å²) in [5.41, 5.74) is 2.57. The van der Waals surface area contributed by atoms with Gasteiger partial charge in [-0.1, -0.05) is 31.2 Å². The molecule has 2 aliphatic rings. The van der Waals surface area contributed by atoms with E-state index in [0.717, 1.165) is 50.9 Å². The molecule has 1 aromatic carbocycles. The van der Waals surface area contributed by atoms with Crippen LogP contribution < -0.4 is 5.32 Å². The van der Waals surface area contributed by atoms with E-state index < -0.39 is 0 Å². The highest BCUT2D eigenvalue weighted by Crippen LogP contribution is 2.23. The molecule has 0 aromatic heterocycles. The number of amides is 1. The summed E-state index contributed by atoms with van der Waals surface area (Å²) in [6.45, 7) is 9.58. The number of nitrogens with one attached hydrogen (secondary N) is 1. The molecule has 1 fully saturated rings. The molecule has 2 heterocycles. The SMILES string of the molecule is CCNC(=NCCCC(=O)N1Cc2ccccc2C1)N1CCSC(CC)C1.I. The van der Waals surface area contributed by atoms with Crippen molar-refractivity contribution in [1.82, 2.24) is 15.1 Å². The lowest BCUT2D eigenvalue weighted by atomic mass is 10.1. The molecule has 28 heavy (non-hydrogen) atoms. The standard InChI is InChI=1S/C21H32N4OS.HI/c1-3-19-16-24(12-13-27-19)21(22-4-2)23-11-7-10-20(26)25-14-17-8-5-6-9-18(17)15-25;/h5-6,8-9,19H,3-4,7,10-16H2,1-2H3,(H,22,23);1H. The summed E-state index contributed by atoms with van der Waals surface area (Å²) in [5.74, 6) is 2.42. The number of rotatable bonds is 6. The van der Waals surface area contributed by atoms with E-state index in [1.165, 1.54) is 17.5 Å². The number of carbonyl (C=O) groups is 1.